The summed E-state index contributed by atoms with van der Waals surface area (Å²) < 4.78 is 1.95. The predicted molar refractivity (Wildman–Crippen MR) is 152 cm³/mol. The summed E-state index contributed by atoms with van der Waals surface area (Å²) >= 11 is 0. The summed E-state index contributed by atoms with van der Waals surface area (Å²) in [5.41, 5.74) is 5.81. The van der Waals surface area contributed by atoms with Crippen molar-refractivity contribution < 1.29 is 8.97 Å². The summed E-state index contributed by atoms with van der Waals surface area (Å²) in [6, 6.07) is 18.6. The van der Waals surface area contributed by atoms with Crippen LogP contribution in [0, 0.1) is 5.92 Å². The first kappa shape index (κ1) is 33.5. The van der Waals surface area contributed by atoms with Crippen molar-refractivity contribution in [2.75, 3.05) is 42.3 Å². The van der Waals surface area contributed by atoms with E-state index in [0.717, 1.165) is 28.0 Å². The molecule has 0 amide bonds. The zero-order valence-electron chi connectivity index (χ0n) is 23.3. The van der Waals surface area contributed by atoms with Gasteiger partial charge in [-0.3, -0.25) is 0 Å². The normalized spacial score (nSPS) is 11.8. The highest BCUT2D eigenvalue weighted by atomic mass is 15.3. The molecule has 2 aromatic rings. The van der Waals surface area contributed by atoms with Crippen molar-refractivity contribution in [3.05, 3.63) is 70.8 Å². The zero-order chi connectivity index (χ0) is 24.8. The van der Waals surface area contributed by atoms with Gasteiger partial charge >= 0.3 is 0 Å². The zero-order valence-corrected chi connectivity index (χ0v) is 23.3. The minimum atomic E-state index is 0. The fourth-order valence-corrected chi connectivity index (χ4v) is 3.84. The van der Waals surface area contributed by atoms with Crippen LogP contribution in [-0.4, -0.2) is 51.3 Å². The highest BCUT2D eigenvalue weighted by molar-refractivity contribution is 5.23. The Morgan fingerprint density at radius 1 is 0.576 bits per heavy atom. The van der Waals surface area contributed by atoms with Gasteiger partial charge in [-0.15, -0.1) is 0 Å². The van der Waals surface area contributed by atoms with Gasteiger partial charge in [-0.05, 0) is 36.3 Å². The molecular formula is C31H58N2+2. The lowest BCUT2D eigenvalue weighted by atomic mass is 9.90. The topological polar surface area (TPSA) is 0 Å². The van der Waals surface area contributed by atoms with Crippen molar-refractivity contribution in [1.82, 2.24) is 0 Å². The smallest absolute Gasteiger partial charge is 0.104 e. The first-order valence-electron chi connectivity index (χ1n) is 12.8. The molecule has 0 aromatic heterocycles. The molecule has 0 bridgehead atoms. The lowest BCUT2D eigenvalue weighted by Gasteiger charge is -2.24. The summed E-state index contributed by atoms with van der Waals surface area (Å²) in [5.74, 6) is 0.759. The summed E-state index contributed by atoms with van der Waals surface area (Å²) in [6.07, 6.45) is 4.90. The third-order valence-corrected chi connectivity index (χ3v) is 5.30. The van der Waals surface area contributed by atoms with Gasteiger partial charge in [0.2, 0.25) is 0 Å². The van der Waals surface area contributed by atoms with E-state index in [9.17, 15) is 0 Å². The highest BCUT2D eigenvalue weighted by Crippen LogP contribution is 2.20. The van der Waals surface area contributed by atoms with Crippen LogP contribution >= 0.6 is 0 Å². The number of nitrogens with zero attached hydrogens (tertiary/aromatic N) is 2. The van der Waals surface area contributed by atoms with Gasteiger partial charge in [-0.2, -0.15) is 0 Å². The molecule has 2 nitrogen and oxygen atoms in total. The molecule has 0 saturated carbocycles. The van der Waals surface area contributed by atoms with Crippen molar-refractivity contribution in [3.8, 4) is 0 Å². The third-order valence-electron chi connectivity index (χ3n) is 5.30. The first-order chi connectivity index (χ1) is 15.0. The highest BCUT2D eigenvalue weighted by Gasteiger charge is 2.12. The Kier molecular flexibility index (Phi) is 17.2. The molecule has 2 heteroatoms. The molecule has 0 fully saturated rings. The van der Waals surface area contributed by atoms with E-state index in [2.05, 4.69) is 97.7 Å². The molecule has 0 heterocycles. The minimum Gasteiger partial charge on any atom is -0.327 e. The molecule has 1 atom stereocenters. The number of hydrogen-bond donors (Lipinski definition) is 0. The van der Waals surface area contributed by atoms with Gasteiger partial charge in [-0.25, -0.2) is 0 Å². The Morgan fingerprint density at radius 3 is 1.24 bits per heavy atom. The summed E-state index contributed by atoms with van der Waals surface area (Å²) in [4.78, 5) is 0. The molecule has 0 aliphatic rings. The Balaban J connectivity index is 0. The van der Waals surface area contributed by atoms with Gasteiger partial charge in [0.25, 0.3) is 0 Å². The van der Waals surface area contributed by atoms with Gasteiger partial charge in [0.15, 0.2) is 0 Å². The van der Waals surface area contributed by atoms with E-state index < -0.39 is 0 Å². The van der Waals surface area contributed by atoms with E-state index in [4.69, 9.17) is 0 Å². The van der Waals surface area contributed by atoms with E-state index >= 15 is 0 Å². The SMILES string of the molecule is C.CC.CC.CCC(CCc1ccc(C[N+](C)(C)C)cc1)Cc1ccc(C[N+](C)(C)C)cc1. The molecule has 33 heavy (non-hydrogen) atoms. The molecule has 2 aromatic carbocycles. The van der Waals surface area contributed by atoms with Crippen molar-refractivity contribution in [1.29, 1.82) is 0 Å². The minimum absolute atomic E-state index is 0. The Morgan fingerprint density at radius 2 is 0.909 bits per heavy atom. The van der Waals surface area contributed by atoms with Crippen LogP contribution in [0.5, 0.6) is 0 Å². The van der Waals surface area contributed by atoms with E-state index in [-0.39, 0.29) is 7.43 Å². The van der Waals surface area contributed by atoms with Crippen molar-refractivity contribution in [2.24, 2.45) is 5.92 Å². The number of quaternary nitrogens is 2. The van der Waals surface area contributed by atoms with Crippen LogP contribution in [0.15, 0.2) is 48.5 Å². The van der Waals surface area contributed by atoms with Gasteiger partial charge in [-0.1, -0.05) is 97.0 Å². The van der Waals surface area contributed by atoms with Crippen LogP contribution in [0.25, 0.3) is 0 Å². The van der Waals surface area contributed by atoms with Crippen LogP contribution in [0.1, 0.15) is 77.1 Å². The Bertz CT molecular complexity index is 701. The average Bonchev–Trinajstić information content (AvgIpc) is 2.74. The second-order valence-electron chi connectivity index (χ2n) is 10.5. The Labute approximate surface area is 208 Å². The van der Waals surface area contributed by atoms with E-state index in [0.29, 0.717) is 0 Å². The second kappa shape index (κ2) is 16.9. The predicted octanol–water partition coefficient (Wildman–Crippen LogP) is 7.99. The molecule has 0 spiro atoms. The summed E-state index contributed by atoms with van der Waals surface area (Å²) in [7, 11) is 13.5. The average molecular weight is 459 g/mol. The van der Waals surface area contributed by atoms with Crippen molar-refractivity contribution in [2.45, 2.75) is 80.8 Å². The fourth-order valence-electron chi connectivity index (χ4n) is 3.84. The quantitative estimate of drug-likeness (QED) is 0.316. The maximum Gasteiger partial charge on any atom is 0.104 e. The van der Waals surface area contributed by atoms with Crippen LogP contribution in [-0.2, 0) is 25.9 Å². The molecule has 0 aliphatic heterocycles. The van der Waals surface area contributed by atoms with Gasteiger partial charge in [0, 0.05) is 11.1 Å². The van der Waals surface area contributed by atoms with Gasteiger partial charge in [0.1, 0.15) is 13.1 Å². The van der Waals surface area contributed by atoms with E-state index in [1.54, 1.807) is 0 Å². The molecule has 0 N–H and O–H groups in total. The van der Waals surface area contributed by atoms with Crippen LogP contribution in [0.4, 0.5) is 0 Å². The van der Waals surface area contributed by atoms with Crippen LogP contribution < -0.4 is 0 Å². The van der Waals surface area contributed by atoms with Crippen molar-refractivity contribution in [3.63, 3.8) is 0 Å². The van der Waals surface area contributed by atoms with E-state index in [1.165, 1.54) is 47.9 Å². The monoisotopic (exact) mass is 458 g/mol. The molecule has 0 radical (unpaired) electrons. The first-order valence-corrected chi connectivity index (χ1v) is 12.8. The lowest BCUT2D eigenvalue weighted by molar-refractivity contribution is -0.884. The molecule has 190 valence electrons. The third kappa shape index (κ3) is 15.8. The molecule has 2 rings (SSSR count). The molecule has 0 saturated heterocycles. The maximum atomic E-state index is 2.34. The number of hydrogen-bond acceptors (Lipinski definition) is 0. The lowest BCUT2D eigenvalue weighted by Crippen LogP contribution is -2.33. The number of benzene rings is 2. The van der Waals surface area contributed by atoms with Gasteiger partial charge < -0.3 is 8.97 Å². The Hall–Kier alpha value is -1.64. The van der Waals surface area contributed by atoms with E-state index in [1.807, 2.05) is 27.7 Å². The van der Waals surface area contributed by atoms with Crippen LogP contribution in [0.3, 0.4) is 0 Å². The fraction of sp³-hybridized carbons (Fsp3) is 0.613. The summed E-state index contributed by atoms with van der Waals surface area (Å²) in [5, 5.41) is 0. The largest absolute Gasteiger partial charge is 0.327 e. The number of aryl methyl sites for hydroxylation is 1. The second-order valence-corrected chi connectivity index (χ2v) is 10.5. The van der Waals surface area contributed by atoms with Crippen LogP contribution in [0.2, 0.25) is 0 Å². The standard InChI is InChI=1S/C26H42N2.2C2H6.CH4/c1-8-22(19-24-13-17-26(18-14-24)21-28(5,6)7)9-10-23-11-15-25(16-12-23)20-27(2,3)4;2*1-2;/h11-18,22H,8-10,19-21H2,1-7H3;2*1-2H3;1H4/q+2;;;. The maximum absolute atomic E-state index is 2.34. The van der Waals surface area contributed by atoms with Gasteiger partial charge in [0.05, 0.1) is 42.3 Å². The molecule has 0 aliphatic carbocycles. The number of rotatable bonds is 10. The van der Waals surface area contributed by atoms with Crippen molar-refractivity contribution >= 4 is 0 Å². The molecular weight excluding hydrogens is 400 g/mol. The molecule has 1 unspecified atom stereocenters. The summed E-state index contributed by atoms with van der Waals surface area (Å²) in [6.45, 7) is 12.5.